The quantitative estimate of drug-likeness (QED) is 0.431. The average Bonchev–Trinajstić information content (AvgIpc) is 3.33. The molecule has 1 aromatic heterocycles. The van der Waals surface area contributed by atoms with Gasteiger partial charge in [-0.15, -0.1) is 0 Å². The molecule has 0 bridgehead atoms. The lowest BCUT2D eigenvalue weighted by molar-refractivity contribution is -0.137. The van der Waals surface area contributed by atoms with Gasteiger partial charge in [-0.05, 0) is 86.9 Å². The number of alkyl halides is 3. The van der Waals surface area contributed by atoms with Crippen LogP contribution in [0, 0.1) is 6.92 Å². The van der Waals surface area contributed by atoms with Gasteiger partial charge in [0.25, 0.3) is 0 Å². The number of methoxy groups -OCH3 is 1. The van der Waals surface area contributed by atoms with Gasteiger partial charge in [-0.1, -0.05) is 0 Å². The number of nitrogens with two attached hydrogens (primary N) is 1. The first-order valence-electron chi connectivity index (χ1n) is 12.5. The van der Waals surface area contributed by atoms with Crippen LogP contribution in [0.2, 0.25) is 0 Å². The number of fused-ring (bicyclic) bond motifs is 3. The minimum Gasteiger partial charge on any atom is -0.399 e. The predicted octanol–water partition coefficient (Wildman–Crippen LogP) is 5.82. The number of piperidine rings is 1. The third kappa shape index (κ3) is 4.68. The summed E-state index contributed by atoms with van der Waals surface area (Å²) >= 11 is 0. The lowest BCUT2D eigenvalue weighted by Gasteiger charge is -2.34. The second-order valence-corrected chi connectivity index (χ2v) is 9.90. The normalized spacial score (nSPS) is 17.4. The van der Waals surface area contributed by atoms with Crippen molar-refractivity contribution >= 4 is 28.1 Å². The van der Waals surface area contributed by atoms with Crippen molar-refractivity contribution in [2.24, 2.45) is 0 Å². The van der Waals surface area contributed by atoms with E-state index in [1.807, 2.05) is 13.8 Å². The van der Waals surface area contributed by atoms with Crippen molar-refractivity contribution in [2.75, 3.05) is 36.1 Å². The number of anilines is 3. The zero-order valence-corrected chi connectivity index (χ0v) is 20.9. The highest BCUT2D eigenvalue weighted by Crippen LogP contribution is 2.40. The van der Waals surface area contributed by atoms with Gasteiger partial charge >= 0.3 is 6.18 Å². The Morgan fingerprint density at radius 2 is 1.81 bits per heavy atom. The summed E-state index contributed by atoms with van der Waals surface area (Å²) in [6, 6.07) is 5.41. The predicted molar refractivity (Wildman–Crippen MR) is 136 cm³/mol. The van der Waals surface area contributed by atoms with Crippen LogP contribution in [0.3, 0.4) is 0 Å². The number of ether oxygens (including phenoxy) is 1. The van der Waals surface area contributed by atoms with Gasteiger partial charge < -0.3 is 20.7 Å². The second kappa shape index (κ2) is 9.42. The molecule has 5 rings (SSSR count). The van der Waals surface area contributed by atoms with Gasteiger partial charge in [0.15, 0.2) is 0 Å². The van der Waals surface area contributed by atoms with Gasteiger partial charge in [-0.25, -0.2) is 9.97 Å². The van der Waals surface area contributed by atoms with Crippen LogP contribution in [-0.4, -0.2) is 36.3 Å². The van der Waals surface area contributed by atoms with Crippen LogP contribution < -0.4 is 16.0 Å². The van der Waals surface area contributed by atoms with Crippen LogP contribution in [0.15, 0.2) is 24.3 Å². The van der Waals surface area contributed by atoms with Crippen LogP contribution in [0.1, 0.15) is 60.3 Å². The maximum atomic E-state index is 13.4. The van der Waals surface area contributed by atoms with E-state index in [1.54, 1.807) is 13.2 Å². The van der Waals surface area contributed by atoms with E-state index >= 15 is 0 Å². The molecule has 3 aromatic rings. The van der Waals surface area contributed by atoms with Crippen LogP contribution in [0.4, 0.5) is 30.4 Å². The number of hydrogen-bond donors (Lipinski definition) is 2. The molecule has 1 aliphatic carbocycles. The van der Waals surface area contributed by atoms with Gasteiger partial charge in [0.1, 0.15) is 11.6 Å². The van der Waals surface area contributed by atoms with E-state index in [1.165, 1.54) is 16.8 Å². The number of hydrogen-bond acceptors (Lipinski definition) is 6. The van der Waals surface area contributed by atoms with Gasteiger partial charge in [0, 0.05) is 37.0 Å². The lowest BCUT2D eigenvalue weighted by atomic mass is 9.99. The second-order valence-electron chi connectivity index (χ2n) is 9.90. The molecule has 36 heavy (non-hydrogen) atoms. The molecule has 2 aromatic carbocycles. The monoisotopic (exact) mass is 499 g/mol. The highest BCUT2D eigenvalue weighted by molar-refractivity contribution is 5.96. The topological polar surface area (TPSA) is 76.3 Å². The summed E-state index contributed by atoms with van der Waals surface area (Å²) in [4.78, 5) is 11.9. The Bertz CT molecular complexity index is 1280. The van der Waals surface area contributed by atoms with Gasteiger partial charge in [-0.2, -0.15) is 13.2 Å². The number of aromatic nitrogens is 2. The molecule has 1 unspecified atom stereocenters. The van der Waals surface area contributed by atoms with Crippen LogP contribution >= 0.6 is 0 Å². The molecule has 1 atom stereocenters. The fourth-order valence-corrected chi connectivity index (χ4v) is 5.56. The van der Waals surface area contributed by atoms with E-state index in [0.717, 1.165) is 68.2 Å². The molecule has 192 valence electrons. The molecule has 0 saturated carbocycles. The summed E-state index contributed by atoms with van der Waals surface area (Å²) in [6.45, 7) is 5.52. The molecule has 0 radical (unpaired) electrons. The Morgan fingerprint density at radius 1 is 1.08 bits per heavy atom. The molecule has 1 saturated heterocycles. The molecular formula is C27H32F3N5O. The van der Waals surface area contributed by atoms with Crippen molar-refractivity contribution in [1.82, 2.24) is 9.97 Å². The van der Waals surface area contributed by atoms with Crippen molar-refractivity contribution in [3.8, 4) is 0 Å². The SMILES string of the molecule is COC1CCN(c2cc3c(NC(C)c4cc(N)cc(C(F)(F)F)c4)nc(C)nc3c3c2CCC3)CC1. The molecule has 9 heteroatoms. The molecule has 2 aliphatic rings. The van der Waals surface area contributed by atoms with Crippen LogP contribution in [0.25, 0.3) is 10.9 Å². The lowest BCUT2D eigenvalue weighted by Crippen LogP contribution is -2.37. The number of nitrogen functional groups attached to an aromatic ring is 1. The molecular weight excluding hydrogens is 467 g/mol. The van der Waals surface area contributed by atoms with Crippen molar-refractivity contribution in [3.63, 3.8) is 0 Å². The Balaban J connectivity index is 1.55. The first-order chi connectivity index (χ1) is 17.1. The summed E-state index contributed by atoms with van der Waals surface area (Å²) in [5, 5.41) is 4.27. The zero-order chi connectivity index (χ0) is 25.6. The molecule has 0 spiro atoms. The molecule has 2 heterocycles. The van der Waals surface area contributed by atoms with E-state index < -0.39 is 17.8 Å². The Hall–Kier alpha value is -3.07. The first kappa shape index (κ1) is 24.6. The average molecular weight is 500 g/mol. The Morgan fingerprint density at radius 3 is 2.50 bits per heavy atom. The standard InChI is InChI=1S/C27H32F3N5O/c1-15(17-11-18(27(28,29)30)13-19(31)12-17)32-26-23-14-24(35-9-7-20(36-3)8-10-35)21-5-4-6-22(21)25(23)33-16(2)34-26/h11-15,20H,4-10,31H2,1-3H3,(H,32,33,34). The third-order valence-electron chi connectivity index (χ3n) is 7.43. The van der Waals surface area contributed by atoms with Gasteiger partial charge in [0.2, 0.25) is 0 Å². The third-order valence-corrected chi connectivity index (χ3v) is 7.43. The van der Waals surface area contributed by atoms with Crippen molar-refractivity contribution in [2.45, 2.75) is 64.3 Å². The molecule has 6 nitrogen and oxygen atoms in total. The van der Waals surface area contributed by atoms with E-state index in [-0.39, 0.29) is 5.69 Å². The molecule has 0 amide bonds. The molecule has 1 fully saturated rings. The van der Waals surface area contributed by atoms with E-state index in [0.29, 0.717) is 23.3 Å². The van der Waals surface area contributed by atoms with Gasteiger partial charge in [0.05, 0.1) is 23.2 Å². The summed E-state index contributed by atoms with van der Waals surface area (Å²) in [6.07, 6.45) is 0.855. The highest BCUT2D eigenvalue weighted by atomic mass is 19.4. The van der Waals surface area contributed by atoms with Gasteiger partial charge in [-0.3, -0.25) is 0 Å². The summed E-state index contributed by atoms with van der Waals surface area (Å²) in [5.41, 5.74) is 10.4. The number of nitrogens with zero attached hydrogens (tertiary/aromatic N) is 3. The largest absolute Gasteiger partial charge is 0.416 e. The van der Waals surface area contributed by atoms with Crippen LogP contribution in [0.5, 0.6) is 0 Å². The minimum absolute atomic E-state index is 0.0803. The summed E-state index contributed by atoms with van der Waals surface area (Å²) in [7, 11) is 1.77. The van der Waals surface area contributed by atoms with Crippen LogP contribution in [-0.2, 0) is 23.8 Å². The fraction of sp³-hybridized carbons (Fsp3) is 0.481. The zero-order valence-electron chi connectivity index (χ0n) is 20.9. The smallest absolute Gasteiger partial charge is 0.399 e. The molecule has 3 N–H and O–H groups in total. The fourth-order valence-electron chi connectivity index (χ4n) is 5.56. The first-order valence-corrected chi connectivity index (χ1v) is 12.5. The van der Waals surface area contributed by atoms with Crippen molar-refractivity contribution < 1.29 is 17.9 Å². The number of aryl methyl sites for hydroxylation is 2. The Labute approximate surface area is 209 Å². The maximum absolute atomic E-state index is 13.4. The number of benzene rings is 2. The maximum Gasteiger partial charge on any atom is 0.416 e. The van der Waals surface area contributed by atoms with Crippen molar-refractivity contribution in [1.29, 1.82) is 0 Å². The highest BCUT2D eigenvalue weighted by Gasteiger charge is 2.32. The van der Waals surface area contributed by atoms with E-state index in [4.69, 9.17) is 15.5 Å². The Kier molecular flexibility index (Phi) is 6.44. The van der Waals surface area contributed by atoms with E-state index in [2.05, 4.69) is 21.3 Å². The summed E-state index contributed by atoms with van der Waals surface area (Å²) < 4.78 is 45.7. The summed E-state index contributed by atoms with van der Waals surface area (Å²) in [5.74, 6) is 1.26. The number of rotatable bonds is 5. The minimum atomic E-state index is -4.46. The van der Waals surface area contributed by atoms with E-state index in [9.17, 15) is 13.2 Å². The number of halogens is 3. The molecule has 1 aliphatic heterocycles. The number of nitrogens with one attached hydrogen (secondary N) is 1. The van der Waals surface area contributed by atoms with Crippen molar-refractivity contribution in [3.05, 3.63) is 52.3 Å².